The highest BCUT2D eigenvalue weighted by molar-refractivity contribution is 6.31. The third-order valence-corrected chi connectivity index (χ3v) is 3.56. The normalized spacial score (nSPS) is 15.3. The van der Waals surface area contributed by atoms with E-state index in [0.29, 0.717) is 29.7 Å². The van der Waals surface area contributed by atoms with Crippen molar-refractivity contribution in [1.82, 2.24) is 0 Å². The van der Waals surface area contributed by atoms with Crippen molar-refractivity contribution in [3.63, 3.8) is 0 Å². The van der Waals surface area contributed by atoms with E-state index in [-0.39, 0.29) is 6.04 Å². The van der Waals surface area contributed by atoms with Gasteiger partial charge in [0.05, 0.1) is 12.3 Å². The minimum absolute atomic E-state index is 0.345. The van der Waals surface area contributed by atoms with Crippen molar-refractivity contribution in [1.29, 1.82) is 0 Å². The monoisotopic (exact) mass is 279 g/mol. The van der Waals surface area contributed by atoms with Crippen molar-refractivity contribution in [2.75, 3.05) is 13.2 Å². The maximum atomic E-state index is 6.28. The average molecular weight is 280 g/mol. The summed E-state index contributed by atoms with van der Waals surface area (Å²) in [6.07, 6.45) is 1.62. The first-order valence-corrected chi connectivity index (χ1v) is 6.43. The van der Waals surface area contributed by atoms with E-state index in [0.717, 1.165) is 16.9 Å². The molecule has 0 saturated heterocycles. The minimum atomic E-state index is -0.345. The molecule has 1 aliphatic rings. The third-order valence-electron chi connectivity index (χ3n) is 3.23. The lowest BCUT2D eigenvalue weighted by Gasteiger charge is -2.21. The van der Waals surface area contributed by atoms with Gasteiger partial charge in [0.2, 0.25) is 0 Å². The first kappa shape index (κ1) is 12.4. The van der Waals surface area contributed by atoms with E-state index in [9.17, 15) is 0 Å². The van der Waals surface area contributed by atoms with E-state index in [1.165, 1.54) is 0 Å². The van der Waals surface area contributed by atoms with Crippen molar-refractivity contribution < 1.29 is 13.9 Å². The average Bonchev–Trinajstić information content (AvgIpc) is 2.83. The number of hydrogen-bond donors (Lipinski definition) is 1. The Morgan fingerprint density at radius 1 is 1.16 bits per heavy atom. The van der Waals surface area contributed by atoms with Crippen LogP contribution in [0.5, 0.6) is 11.5 Å². The van der Waals surface area contributed by atoms with Crippen LogP contribution in [0, 0.1) is 6.92 Å². The van der Waals surface area contributed by atoms with Gasteiger partial charge in [-0.2, -0.15) is 0 Å². The summed E-state index contributed by atoms with van der Waals surface area (Å²) in [4.78, 5) is 0. The van der Waals surface area contributed by atoms with Crippen LogP contribution >= 0.6 is 11.6 Å². The largest absolute Gasteiger partial charge is 0.486 e. The van der Waals surface area contributed by atoms with Crippen molar-refractivity contribution in [3.8, 4) is 11.5 Å². The first-order valence-electron chi connectivity index (χ1n) is 6.05. The number of halogens is 1. The maximum absolute atomic E-state index is 6.28. The lowest BCUT2D eigenvalue weighted by atomic mass is 9.99. The molecule has 0 radical (unpaired) electrons. The molecule has 5 heteroatoms. The molecule has 0 fully saturated rings. The van der Waals surface area contributed by atoms with Crippen LogP contribution in [0.3, 0.4) is 0 Å². The Bertz CT molecular complexity index is 609. The van der Waals surface area contributed by atoms with Gasteiger partial charge >= 0.3 is 0 Å². The van der Waals surface area contributed by atoms with E-state index in [2.05, 4.69) is 0 Å². The summed E-state index contributed by atoms with van der Waals surface area (Å²) in [5, 5.41) is 0.567. The van der Waals surface area contributed by atoms with Crippen molar-refractivity contribution >= 4 is 11.6 Å². The van der Waals surface area contributed by atoms with E-state index >= 15 is 0 Å². The van der Waals surface area contributed by atoms with Gasteiger partial charge in [-0.25, -0.2) is 0 Å². The fourth-order valence-electron chi connectivity index (χ4n) is 2.20. The molecule has 0 spiro atoms. The number of benzene rings is 1. The Kier molecular flexibility index (Phi) is 3.12. The van der Waals surface area contributed by atoms with Crippen LogP contribution in [0.1, 0.15) is 22.9 Å². The molecule has 1 atom stereocenters. The zero-order valence-electron chi connectivity index (χ0n) is 10.5. The highest BCUT2D eigenvalue weighted by Gasteiger charge is 2.21. The lowest BCUT2D eigenvalue weighted by molar-refractivity contribution is 0.171. The molecule has 19 heavy (non-hydrogen) atoms. The fraction of sp³-hybridized carbons (Fsp3) is 0.286. The Morgan fingerprint density at radius 2 is 1.84 bits per heavy atom. The molecule has 2 N–H and O–H groups in total. The molecule has 1 aromatic heterocycles. The van der Waals surface area contributed by atoms with Crippen LogP contribution in [0.2, 0.25) is 5.02 Å². The molecule has 2 heterocycles. The SMILES string of the molecule is Cc1occc1C(N)c1cc2c(cc1Cl)OCCO2. The Hall–Kier alpha value is -1.65. The molecule has 0 amide bonds. The Balaban J connectivity index is 2.03. The summed E-state index contributed by atoms with van der Waals surface area (Å²) < 4.78 is 16.3. The standard InChI is InChI=1S/C14H14ClNO3/c1-8-9(2-3-17-8)14(16)10-6-12-13(7-11(10)15)19-5-4-18-12/h2-3,6-7,14H,4-5,16H2,1H3. The maximum Gasteiger partial charge on any atom is 0.162 e. The second-order valence-corrected chi connectivity index (χ2v) is 4.83. The van der Waals surface area contributed by atoms with E-state index < -0.39 is 0 Å². The van der Waals surface area contributed by atoms with E-state index in [1.807, 2.05) is 19.1 Å². The number of fused-ring (bicyclic) bond motifs is 1. The summed E-state index contributed by atoms with van der Waals surface area (Å²) in [6, 6.07) is 5.10. The molecular formula is C14H14ClNO3. The van der Waals surface area contributed by atoms with Crippen LogP contribution < -0.4 is 15.2 Å². The number of aryl methyl sites for hydroxylation is 1. The molecule has 1 unspecified atom stereocenters. The highest BCUT2D eigenvalue weighted by Crippen LogP contribution is 2.39. The second kappa shape index (κ2) is 4.79. The number of hydrogen-bond acceptors (Lipinski definition) is 4. The van der Waals surface area contributed by atoms with Crippen LogP contribution in [0.15, 0.2) is 28.9 Å². The number of rotatable bonds is 2. The first-order chi connectivity index (χ1) is 9.16. The fourth-order valence-corrected chi connectivity index (χ4v) is 2.47. The van der Waals surface area contributed by atoms with Crippen LogP contribution in [0.4, 0.5) is 0 Å². The smallest absolute Gasteiger partial charge is 0.162 e. The molecule has 0 saturated carbocycles. The van der Waals surface area contributed by atoms with Crippen molar-refractivity contribution in [2.24, 2.45) is 5.73 Å². The molecule has 100 valence electrons. The number of ether oxygens (including phenoxy) is 2. The van der Waals surface area contributed by atoms with Crippen LogP contribution in [0.25, 0.3) is 0 Å². The third kappa shape index (κ3) is 2.17. The number of nitrogens with two attached hydrogens (primary N) is 1. The molecule has 4 nitrogen and oxygen atoms in total. The molecule has 0 aliphatic carbocycles. The van der Waals surface area contributed by atoms with Gasteiger partial charge in [0.25, 0.3) is 0 Å². The van der Waals surface area contributed by atoms with Crippen LogP contribution in [-0.4, -0.2) is 13.2 Å². The molecule has 0 bridgehead atoms. The van der Waals surface area contributed by atoms with Gasteiger partial charge < -0.3 is 19.6 Å². The number of furan rings is 1. The van der Waals surface area contributed by atoms with Crippen molar-refractivity contribution in [2.45, 2.75) is 13.0 Å². The predicted octanol–water partition coefficient (Wildman–Crippen LogP) is 3.06. The zero-order chi connectivity index (χ0) is 13.4. The van der Waals surface area contributed by atoms with Gasteiger partial charge in [-0.15, -0.1) is 0 Å². The van der Waals surface area contributed by atoms with Crippen LogP contribution in [-0.2, 0) is 0 Å². The lowest BCUT2D eigenvalue weighted by Crippen LogP contribution is -2.17. The van der Waals surface area contributed by atoms with Gasteiger partial charge in [-0.3, -0.25) is 0 Å². The summed E-state index contributed by atoms with van der Waals surface area (Å²) in [5.74, 6) is 2.14. The molecule has 1 aromatic carbocycles. The van der Waals surface area contributed by atoms with Crippen molar-refractivity contribution in [3.05, 3.63) is 46.4 Å². The van der Waals surface area contributed by atoms with E-state index in [4.69, 9.17) is 31.2 Å². The minimum Gasteiger partial charge on any atom is -0.486 e. The second-order valence-electron chi connectivity index (χ2n) is 4.43. The van der Waals surface area contributed by atoms with E-state index in [1.54, 1.807) is 12.3 Å². The highest BCUT2D eigenvalue weighted by atomic mass is 35.5. The Morgan fingerprint density at radius 3 is 2.47 bits per heavy atom. The molecule has 2 aromatic rings. The predicted molar refractivity (Wildman–Crippen MR) is 71.9 cm³/mol. The Labute approximate surface area is 116 Å². The molecule has 3 rings (SSSR count). The van der Waals surface area contributed by atoms with Gasteiger partial charge in [0.15, 0.2) is 11.5 Å². The topological polar surface area (TPSA) is 57.6 Å². The van der Waals surface area contributed by atoms with Gasteiger partial charge in [-0.05, 0) is 24.6 Å². The summed E-state index contributed by atoms with van der Waals surface area (Å²) in [6.45, 7) is 2.95. The summed E-state index contributed by atoms with van der Waals surface area (Å²) in [5.41, 5.74) is 7.97. The van der Waals surface area contributed by atoms with Gasteiger partial charge in [-0.1, -0.05) is 11.6 Å². The quantitative estimate of drug-likeness (QED) is 0.918. The summed E-state index contributed by atoms with van der Waals surface area (Å²) in [7, 11) is 0. The molecular weight excluding hydrogens is 266 g/mol. The van der Waals surface area contributed by atoms with Gasteiger partial charge in [0, 0.05) is 16.7 Å². The molecule has 1 aliphatic heterocycles. The van der Waals surface area contributed by atoms with Gasteiger partial charge in [0.1, 0.15) is 19.0 Å². The zero-order valence-corrected chi connectivity index (χ0v) is 11.2. The summed E-state index contributed by atoms with van der Waals surface area (Å²) >= 11 is 6.28.